The number of amides is 1. The highest BCUT2D eigenvalue weighted by Gasteiger charge is 2.22. The Balaban J connectivity index is 2.10. The third-order valence-electron chi connectivity index (χ3n) is 2.93. The normalized spacial score (nSPS) is 11.7. The molecule has 9 heteroatoms. The molecule has 0 radical (unpaired) electrons. The molecule has 0 unspecified atom stereocenters. The number of benzene rings is 1. The fourth-order valence-corrected chi connectivity index (χ4v) is 2.88. The number of carbonyl (C=O) groups is 1. The van der Waals surface area contributed by atoms with E-state index in [2.05, 4.69) is 5.32 Å². The van der Waals surface area contributed by atoms with Crippen LogP contribution in [0.1, 0.15) is 5.76 Å². The summed E-state index contributed by atoms with van der Waals surface area (Å²) in [5.74, 6) is -0.102. The third-order valence-corrected chi connectivity index (χ3v) is 4.94. The van der Waals surface area contributed by atoms with Crippen LogP contribution in [0.5, 0.6) is 0 Å². The number of nitrogens with one attached hydrogen (secondary N) is 1. The first-order valence-corrected chi connectivity index (χ1v) is 9.09. The van der Waals surface area contributed by atoms with Crippen molar-refractivity contribution in [3.8, 4) is 0 Å². The Kier molecular flexibility index (Phi) is 5.69. The van der Waals surface area contributed by atoms with Gasteiger partial charge in [0, 0.05) is 0 Å². The van der Waals surface area contributed by atoms with Crippen molar-refractivity contribution in [3.63, 3.8) is 0 Å². The van der Waals surface area contributed by atoms with Gasteiger partial charge in [-0.15, -0.1) is 0 Å². The standard InChI is InChI=1S/C14H14Cl2N2O4S/c1-23(20,21)18(8-10-4-3-7-22-10)9-13(19)17-12-6-2-5-11(15)14(12)16/h2-7H,8-9H2,1H3,(H,17,19). The maximum atomic E-state index is 12.1. The van der Waals surface area contributed by atoms with Crippen LogP contribution in [0, 0.1) is 0 Å². The molecule has 6 nitrogen and oxygen atoms in total. The number of sulfonamides is 1. The summed E-state index contributed by atoms with van der Waals surface area (Å²) in [5.41, 5.74) is 0.315. The topological polar surface area (TPSA) is 79.6 Å². The van der Waals surface area contributed by atoms with Crippen LogP contribution < -0.4 is 5.32 Å². The fourth-order valence-electron chi connectivity index (χ4n) is 1.82. The van der Waals surface area contributed by atoms with Crippen molar-refractivity contribution < 1.29 is 17.6 Å². The molecule has 2 rings (SSSR count). The van der Waals surface area contributed by atoms with E-state index in [9.17, 15) is 13.2 Å². The number of rotatable bonds is 6. The molecular weight excluding hydrogens is 363 g/mol. The Morgan fingerprint density at radius 1 is 1.26 bits per heavy atom. The maximum Gasteiger partial charge on any atom is 0.239 e. The second-order valence-electron chi connectivity index (χ2n) is 4.76. The predicted octanol–water partition coefficient (Wildman–Crippen LogP) is 2.99. The molecule has 1 aromatic carbocycles. The Labute approximate surface area is 144 Å². The Morgan fingerprint density at radius 2 is 2.00 bits per heavy atom. The molecule has 0 saturated carbocycles. The van der Waals surface area contributed by atoms with Gasteiger partial charge in [0.25, 0.3) is 0 Å². The van der Waals surface area contributed by atoms with Gasteiger partial charge in [0.1, 0.15) is 5.76 Å². The van der Waals surface area contributed by atoms with Gasteiger partial charge in [-0.1, -0.05) is 29.3 Å². The van der Waals surface area contributed by atoms with Gasteiger partial charge in [0.05, 0.1) is 41.3 Å². The molecule has 1 heterocycles. The molecule has 23 heavy (non-hydrogen) atoms. The third kappa shape index (κ3) is 4.97. The van der Waals surface area contributed by atoms with Crippen LogP contribution in [0.4, 0.5) is 5.69 Å². The van der Waals surface area contributed by atoms with E-state index < -0.39 is 15.9 Å². The number of hydrogen-bond donors (Lipinski definition) is 1. The van der Waals surface area contributed by atoms with E-state index in [1.165, 1.54) is 6.26 Å². The monoisotopic (exact) mass is 376 g/mol. The number of halogens is 2. The molecule has 0 atom stereocenters. The van der Waals surface area contributed by atoms with Gasteiger partial charge in [-0.25, -0.2) is 8.42 Å². The summed E-state index contributed by atoms with van der Waals surface area (Å²) in [7, 11) is -3.59. The van der Waals surface area contributed by atoms with Crippen LogP contribution in [-0.2, 0) is 21.4 Å². The first-order chi connectivity index (χ1) is 10.8. The number of hydrogen-bond acceptors (Lipinski definition) is 4. The van der Waals surface area contributed by atoms with Gasteiger partial charge in [0.15, 0.2) is 0 Å². The SMILES string of the molecule is CS(=O)(=O)N(CC(=O)Nc1cccc(Cl)c1Cl)Cc1ccco1. The van der Waals surface area contributed by atoms with Crippen molar-refractivity contribution >= 4 is 44.8 Å². The van der Waals surface area contributed by atoms with Crippen LogP contribution in [0.25, 0.3) is 0 Å². The zero-order valence-corrected chi connectivity index (χ0v) is 14.5. The van der Waals surface area contributed by atoms with Crippen LogP contribution >= 0.6 is 23.2 Å². The molecule has 124 valence electrons. The molecule has 0 fully saturated rings. The Morgan fingerprint density at radius 3 is 2.61 bits per heavy atom. The van der Waals surface area contributed by atoms with Gasteiger partial charge < -0.3 is 9.73 Å². The molecule has 0 aliphatic rings. The molecule has 0 bridgehead atoms. The highest BCUT2D eigenvalue weighted by atomic mass is 35.5. The van der Waals surface area contributed by atoms with Gasteiger partial charge in [-0.05, 0) is 24.3 Å². The number of anilines is 1. The molecule has 2 aromatic rings. The first-order valence-electron chi connectivity index (χ1n) is 6.48. The van der Waals surface area contributed by atoms with E-state index in [0.717, 1.165) is 10.6 Å². The smallest absolute Gasteiger partial charge is 0.239 e. The van der Waals surface area contributed by atoms with Gasteiger partial charge in [-0.2, -0.15) is 4.31 Å². The van der Waals surface area contributed by atoms with E-state index in [0.29, 0.717) is 16.5 Å². The molecule has 1 aromatic heterocycles. The number of nitrogens with zero attached hydrogens (tertiary/aromatic N) is 1. The quantitative estimate of drug-likeness (QED) is 0.840. The largest absolute Gasteiger partial charge is 0.468 e. The Hall–Kier alpha value is -1.54. The zero-order valence-electron chi connectivity index (χ0n) is 12.1. The summed E-state index contributed by atoms with van der Waals surface area (Å²) in [6.45, 7) is -0.412. The van der Waals surface area contributed by atoms with E-state index in [1.807, 2.05) is 0 Å². The lowest BCUT2D eigenvalue weighted by Crippen LogP contribution is -2.36. The lowest BCUT2D eigenvalue weighted by atomic mass is 10.3. The second-order valence-corrected chi connectivity index (χ2v) is 7.53. The summed E-state index contributed by atoms with van der Waals surface area (Å²) in [4.78, 5) is 12.1. The fraction of sp³-hybridized carbons (Fsp3) is 0.214. The molecule has 0 saturated heterocycles. The maximum absolute atomic E-state index is 12.1. The van der Waals surface area contributed by atoms with E-state index in [-0.39, 0.29) is 18.1 Å². The van der Waals surface area contributed by atoms with Crippen LogP contribution in [0.3, 0.4) is 0 Å². The number of furan rings is 1. The zero-order chi connectivity index (χ0) is 17.0. The minimum atomic E-state index is -3.59. The predicted molar refractivity (Wildman–Crippen MR) is 89.1 cm³/mol. The van der Waals surface area contributed by atoms with E-state index in [1.54, 1.807) is 30.3 Å². The average Bonchev–Trinajstić information content (AvgIpc) is 2.95. The lowest BCUT2D eigenvalue weighted by molar-refractivity contribution is -0.116. The summed E-state index contributed by atoms with van der Waals surface area (Å²) in [5, 5.41) is 3.03. The van der Waals surface area contributed by atoms with Crippen LogP contribution in [-0.4, -0.2) is 31.4 Å². The second kappa shape index (κ2) is 7.35. The highest BCUT2D eigenvalue weighted by molar-refractivity contribution is 7.88. The van der Waals surface area contributed by atoms with Crippen LogP contribution in [0.15, 0.2) is 41.0 Å². The minimum Gasteiger partial charge on any atom is -0.468 e. The van der Waals surface area contributed by atoms with Crippen molar-refractivity contribution in [2.24, 2.45) is 0 Å². The highest BCUT2D eigenvalue weighted by Crippen LogP contribution is 2.29. The Bertz CT molecular complexity index is 791. The van der Waals surface area contributed by atoms with Crippen LogP contribution in [0.2, 0.25) is 10.0 Å². The van der Waals surface area contributed by atoms with Crippen molar-refractivity contribution in [1.82, 2.24) is 4.31 Å². The molecule has 0 spiro atoms. The summed E-state index contributed by atoms with van der Waals surface area (Å²) in [6, 6.07) is 8.05. The molecular formula is C14H14Cl2N2O4S. The summed E-state index contributed by atoms with van der Waals surface area (Å²) < 4.78 is 29.8. The van der Waals surface area contributed by atoms with Gasteiger partial charge >= 0.3 is 0 Å². The van der Waals surface area contributed by atoms with E-state index in [4.69, 9.17) is 27.6 Å². The van der Waals surface area contributed by atoms with Crippen molar-refractivity contribution in [2.45, 2.75) is 6.54 Å². The van der Waals surface area contributed by atoms with Crippen molar-refractivity contribution in [3.05, 3.63) is 52.4 Å². The molecule has 0 aliphatic carbocycles. The van der Waals surface area contributed by atoms with E-state index >= 15 is 0 Å². The van der Waals surface area contributed by atoms with Gasteiger partial charge in [0.2, 0.25) is 15.9 Å². The number of carbonyl (C=O) groups excluding carboxylic acids is 1. The summed E-state index contributed by atoms with van der Waals surface area (Å²) >= 11 is 11.9. The average molecular weight is 377 g/mol. The minimum absolute atomic E-state index is 0.0392. The van der Waals surface area contributed by atoms with Crippen molar-refractivity contribution in [2.75, 3.05) is 18.1 Å². The molecule has 1 N–H and O–H groups in total. The summed E-state index contributed by atoms with van der Waals surface area (Å²) in [6.07, 6.45) is 2.46. The lowest BCUT2D eigenvalue weighted by Gasteiger charge is -2.18. The first kappa shape index (κ1) is 17.8. The van der Waals surface area contributed by atoms with Gasteiger partial charge in [-0.3, -0.25) is 4.79 Å². The van der Waals surface area contributed by atoms with Crippen molar-refractivity contribution in [1.29, 1.82) is 0 Å². The molecule has 0 aliphatic heterocycles. The molecule has 1 amide bonds.